The van der Waals surface area contributed by atoms with E-state index in [1.165, 1.54) is 12.8 Å². The van der Waals surface area contributed by atoms with Gasteiger partial charge in [0.05, 0.1) is 11.4 Å². The van der Waals surface area contributed by atoms with E-state index in [1.807, 2.05) is 6.92 Å². The largest absolute Gasteiger partial charge is 0.313 e. The molecule has 1 aliphatic heterocycles. The molecule has 2 rings (SSSR count). The van der Waals surface area contributed by atoms with Crippen LogP contribution in [0.1, 0.15) is 44.0 Å². The number of hydrogen-bond donors (Lipinski definition) is 2. The molecule has 1 atom stereocenters. The summed E-state index contributed by atoms with van der Waals surface area (Å²) in [7, 11) is -3.48. The smallest absolute Gasteiger partial charge is 0.246 e. The van der Waals surface area contributed by atoms with E-state index in [2.05, 4.69) is 15.5 Å². The number of hydrogen-bond acceptors (Lipinski definition) is 4. The molecule has 0 spiro atoms. The molecule has 120 valence electrons. The van der Waals surface area contributed by atoms with E-state index in [-0.39, 0.29) is 6.04 Å². The van der Waals surface area contributed by atoms with Crippen LogP contribution in [-0.4, -0.2) is 48.6 Å². The number of aromatic amines is 1. The van der Waals surface area contributed by atoms with Crippen LogP contribution in [0.3, 0.4) is 0 Å². The van der Waals surface area contributed by atoms with Crippen molar-refractivity contribution in [2.45, 2.75) is 57.4 Å². The average molecular weight is 314 g/mol. The molecule has 0 bridgehead atoms. The van der Waals surface area contributed by atoms with Crippen LogP contribution >= 0.6 is 0 Å². The Morgan fingerprint density at radius 3 is 2.62 bits per heavy atom. The number of nitrogens with one attached hydrogen (secondary N) is 2. The highest BCUT2D eigenvalue weighted by molar-refractivity contribution is 7.89. The fourth-order valence-corrected chi connectivity index (χ4v) is 4.84. The highest BCUT2D eigenvalue weighted by atomic mass is 32.2. The molecule has 0 saturated carbocycles. The highest BCUT2D eigenvalue weighted by Gasteiger charge is 2.31. The SMILES string of the molecule is CCCN(CC1CCCCN1)S(=O)(=O)c1c(C)n[nH]c1C. The number of piperidine rings is 1. The third-order valence-corrected chi connectivity index (χ3v) is 6.10. The Balaban J connectivity index is 2.23. The highest BCUT2D eigenvalue weighted by Crippen LogP contribution is 2.23. The maximum Gasteiger partial charge on any atom is 0.246 e. The fraction of sp³-hybridized carbons (Fsp3) is 0.786. The van der Waals surface area contributed by atoms with Gasteiger partial charge in [0.25, 0.3) is 0 Å². The predicted octanol–water partition coefficient (Wildman–Crippen LogP) is 1.57. The van der Waals surface area contributed by atoms with Crippen LogP contribution in [0.2, 0.25) is 0 Å². The minimum atomic E-state index is -3.48. The van der Waals surface area contributed by atoms with Gasteiger partial charge in [0.2, 0.25) is 10.0 Å². The van der Waals surface area contributed by atoms with Gasteiger partial charge in [-0.2, -0.15) is 9.40 Å². The summed E-state index contributed by atoms with van der Waals surface area (Å²) in [5, 5.41) is 10.2. The molecule has 7 heteroatoms. The quantitative estimate of drug-likeness (QED) is 0.835. The second kappa shape index (κ2) is 6.89. The molecule has 1 unspecified atom stereocenters. The molecular weight excluding hydrogens is 288 g/mol. The van der Waals surface area contributed by atoms with Crippen LogP contribution in [0.15, 0.2) is 4.90 Å². The Bertz CT molecular complexity index is 542. The first kappa shape index (κ1) is 16.5. The average Bonchev–Trinajstić information content (AvgIpc) is 2.79. The summed E-state index contributed by atoms with van der Waals surface area (Å²) >= 11 is 0. The normalized spacial score (nSPS) is 20.1. The molecule has 2 N–H and O–H groups in total. The van der Waals surface area contributed by atoms with E-state index in [0.717, 1.165) is 19.4 Å². The molecule has 0 radical (unpaired) electrons. The van der Waals surface area contributed by atoms with Gasteiger partial charge in [-0.25, -0.2) is 8.42 Å². The lowest BCUT2D eigenvalue weighted by atomic mass is 10.1. The first-order valence-electron chi connectivity index (χ1n) is 7.72. The van der Waals surface area contributed by atoms with Gasteiger partial charge in [0.15, 0.2) is 0 Å². The number of aryl methyl sites for hydroxylation is 2. The van der Waals surface area contributed by atoms with Crippen LogP contribution in [0.5, 0.6) is 0 Å². The van der Waals surface area contributed by atoms with Crippen molar-refractivity contribution >= 4 is 10.0 Å². The van der Waals surface area contributed by atoms with Crippen molar-refractivity contribution in [3.63, 3.8) is 0 Å². The lowest BCUT2D eigenvalue weighted by molar-refractivity contribution is 0.312. The summed E-state index contributed by atoms with van der Waals surface area (Å²) in [6, 6.07) is 0.257. The summed E-state index contributed by atoms with van der Waals surface area (Å²) < 4.78 is 27.5. The van der Waals surface area contributed by atoms with E-state index >= 15 is 0 Å². The maximum atomic E-state index is 12.9. The van der Waals surface area contributed by atoms with Crippen LogP contribution in [0, 0.1) is 13.8 Å². The second-order valence-electron chi connectivity index (χ2n) is 5.77. The van der Waals surface area contributed by atoms with E-state index < -0.39 is 10.0 Å². The molecule has 6 nitrogen and oxygen atoms in total. The Hall–Kier alpha value is -0.920. The molecule has 1 saturated heterocycles. The van der Waals surface area contributed by atoms with Crippen molar-refractivity contribution in [1.82, 2.24) is 19.8 Å². The Labute approximate surface area is 127 Å². The zero-order valence-corrected chi connectivity index (χ0v) is 14.0. The predicted molar refractivity (Wildman–Crippen MR) is 82.8 cm³/mol. The van der Waals surface area contributed by atoms with Gasteiger partial charge >= 0.3 is 0 Å². The van der Waals surface area contributed by atoms with E-state index in [9.17, 15) is 8.42 Å². The summed E-state index contributed by atoms with van der Waals surface area (Å²) in [6.07, 6.45) is 4.19. The fourth-order valence-electron chi connectivity index (χ4n) is 2.93. The van der Waals surface area contributed by atoms with Crippen molar-refractivity contribution < 1.29 is 8.42 Å². The molecule has 1 aliphatic rings. The summed E-state index contributed by atoms with van der Waals surface area (Å²) in [4.78, 5) is 0.340. The zero-order valence-electron chi connectivity index (χ0n) is 13.1. The van der Waals surface area contributed by atoms with E-state index in [0.29, 0.717) is 29.4 Å². The Morgan fingerprint density at radius 1 is 1.33 bits per heavy atom. The van der Waals surface area contributed by atoms with Gasteiger partial charge in [0, 0.05) is 19.1 Å². The first-order valence-corrected chi connectivity index (χ1v) is 9.16. The topological polar surface area (TPSA) is 78.1 Å². The molecule has 1 fully saturated rings. The van der Waals surface area contributed by atoms with E-state index in [1.54, 1.807) is 18.2 Å². The van der Waals surface area contributed by atoms with Crippen molar-refractivity contribution in [3.05, 3.63) is 11.4 Å². The summed E-state index contributed by atoms with van der Waals surface area (Å²) in [6.45, 7) is 7.57. The molecule has 1 aromatic rings. The van der Waals surface area contributed by atoms with Gasteiger partial charge in [-0.3, -0.25) is 5.10 Å². The van der Waals surface area contributed by atoms with Crippen molar-refractivity contribution in [1.29, 1.82) is 0 Å². The third kappa shape index (κ3) is 3.64. The van der Waals surface area contributed by atoms with Crippen LogP contribution in [-0.2, 0) is 10.0 Å². The number of sulfonamides is 1. The molecular formula is C14H26N4O2S. The lowest BCUT2D eigenvalue weighted by Gasteiger charge is -2.30. The number of nitrogens with zero attached hydrogens (tertiary/aromatic N) is 2. The number of rotatable bonds is 6. The molecule has 0 aliphatic carbocycles. The third-order valence-electron chi connectivity index (χ3n) is 3.97. The van der Waals surface area contributed by atoms with Gasteiger partial charge in [-0.15, -0.1) is 0 Å². The molecule has 0 aromatic carbocycles. The monoisotopic (exact) mass is 314 g/mol. The van der Waals surface area contributed by atoms with Crippen LogP contribution < -0.4 is 5.32 Å². The zero-order chi connectivity index (χ0) is 15.5. The van der Waals surface area contributed by atoms with E-state index in [4.69, 9.17) is 0 Å². The summed E-state index contributed by atoms with van der Waals surface area (Å²) in [5.41, 5.74) is 1.16. The van der Waals surface area contributed by atoms with Gasteiger partial charge in [-0.1, -0.05) is 13.3 Å². The Morgan fingerprint density at radius 2 is 2.10 bits per heavy atom. The Kier molecular flexibility index (Phi) is 5.40. The lowest BCUT2D eigenvalue weighted by Crippen LogP contribution is -2.46. The number of H-pyrrole nitrogens is 1. The minimum Gasteiger partial charge on any atom is -0.313 e. The summed E-state index contributed by atoms with van der Waals surface area (Å²) in [5.74, 6) is 0. The van der Waals surface area contributed by atoms with Crippen LogP contribution in [0.4, 0.5) is 0 Å². The molecule has 1 aromatic heterocycles. The van der Waals surface area contributed by atoms with Crippen molar-refractivity contribution in [2.75, 3.05) is 19.6 Å². The number of aromatic nitrogens is 2. The second-order valence-corrected chi connectivity index (χ2v) is 7.65. The molecule has 0 amide bonds. The molecule has 2 heterocycles. The molecule has 21 heavy (non-hydrogen) atoms. The van der Waals surface area contributed by atoms with Crippen LogP contribution in [0.25, 0.3) is 0 Å². The van der Waals surface area contributed by atoms with Gasteiger partial charge in [-0.05, 0) is 39.7 Å². The standard InChI is InChI=1S/C14H26N4O2S/c1-4-9-18(10-13-7-5-6-8-15-13)21(19,20)14-11(2)16-17-12(14)3/h13,15H,4-10H2,1-3H3,(H,16,17). The maximum absolute atomic E-state index is 12.9. The van der Waals surface area contributed by atoms with Gasteiger partial charge < -0.3 is 5.32 Å². The minimum absolute atomic E-state index is 0.257. The van der Waals surface area contributed by atoms with Crippen molar-refractivity contribution in [2.24, 2.45) is 0 Å². The first-order chi connectivity index (χ1) is 9.96. The van der Waals surface area contributed by atoms with Gasteiger partial charge in [0.1, 0.15) is 4.90 Å². The van der Waals surface area contributed by atoms with Crippen molar-refractivity contribution in [3.8, 4) is 0 Å².